The van der Waals surface area contributed by atoms with Crippen molar-refractivity contribution in [3.05, 3.63) is 24.3 Å². The Morgan fingerprint density at radius 2 is 1.86 bits per heavy atom. The summed E-state index contributed by atoms with van der Waals surface area (Å²) in [6, 6.07) is 7.42. The summed E-state index contributed by atoms with van der Waals surface area (Å²) in [5, 5.41) is 0. The number of nitrogens with two attached hydrogens (primary N) is 1. The zero-order valence-electron chi connectivity index (χ0n) is 7.77. The molecule has 1 amide bonds. The van der Waals surface area contributed by atoms with Gasteiger partial charge in [-0.05, 0) is 30.7 Å². The van der Waals surface area contributed by atoms with Gasteiger partial charge in [0, 0.05) is 24.3 Å². The van der Waals surface area contributed by atoms with Crippen molar-refractivity contribution in [1.82, 2.24) is 0 Å². The maximum atomic E-state index is 11.4. The molecule has 76 valence electrons. The first-order chi connectivity index (χ1) is 6.27. The smallest absolute Gasteiger partial charge is 0.227 e. The van der Waals surface area contributed by atoms with Gasteiger partial charge in [0.25, 0.3) is 0 Å². The lowest BCUT2D eigenvalue weighted by Crippen LogP contribution is -2.23. The molecule has 0 unspecified atom stereocenters. The molecule has 1 heterocycles. The number of amides is 1. The number of carbonyl (C=O) groups excluding carboxylic acids is 1. The number of nitrogens with zero attached hydrogens (tertiary/aromatic N) is 1. The van der Waals surface area contributed by atoms with Crippen LogP contribution >= 0.6 is 12.4 Å². The average molecular weight is 213 g/mol. The number of hydrogen-bond acceptors (Lipinski definition) is 2. The lowest BCUT2D eigenvalue weighted by molar-refractivity contribution is -0.117. The Kier molecular flexibility index (Phi) is 3.36. The van der Waals surface area contributed by atoms with Crippen LogP contribution in [0.3, 0.4) is 0 Å². The highest BCUT2D eigenvalue weighted by atomic mass is 35.5. The van der Waals surface area contributed by atoms with E-state index in [1.807, 2.05) is 24.3 Å². The summed E-state index contributed by atoms with van der Waals surface area (Å²) in [7, 11) is 0. The minimum Gasteiger partial charge on any atom is -0.399 e. The van der Waals surface area contributed by atoms with Crippen LogP contribution in [-0.2, 0) is 4.79 Å². The second-order valence-electron chi connectivity index (χ2n) is 3.24. The molecule has 1 fully saturated rings. The fraction of sp³-hybridized carbons (Fsp3) is 0.300. The molecule has 2 N–H and O–H groups in total. The molecular weight excluding hydrogens is 200 g/mol. The summed E-state index contributed by atoms with van der Waals surface area (Å²) in [6.45, 7) is 0.836. The average Bonchev–Trinajstić information content (AvgIpc) is 2.53. The van der Waals surface area contributed by atoms with E-state index in [4.69, 9.17) is 5.73 Å². The van der Waals surface area contributed by atoms with Gasteiger partial charge < -0.3 is 10.6 Å². The number of anilines is 2. The molecule has 1 saturated heterocycles. The number of hydrogen-bond donors (Lipinski definition) is 1. The molecule has 0 bridgehead atoms. The molecule has 2 rings (SSSR count). The minimum absolute atomic E-state index is 0. The van der Waals surface area contributed by atoms with Gasteiger partial charge in [-0.1, -0.05) is 0 Å². The molecule has 1 aromatic carbocycles. The Hall–Kier alpha value is -1.22. The molecule has 1 aliphatic heterocycles. The third-order valence-electron chi connectivity index (χ3n) is 2.28. The predicted octanol–water partition coefficient (Wildman–Crippen LogP) is 1.82. The van der Waals surface area contributed by atoms with Gasteiger partial charge in [-0.15, -0.1) is 12.4 Å². The van der Waals surface area contributed by atoms with Gasteiger partial charge in [-0.3, -0.25) is 4.79 Å². The van der Waals surface area contributed by atoms with E-state index in [2.05, 4.69) is 0 Å². The standard InChI is InChI=1S/C10H12N2O.ClH/c11-8-3-5-9(6-4-8)12-7-1-2-10(12)13;/h3-6H,1-2,7,11H2;1H. The number of nitrogen functional groups attached to an aromatic ring is 1. The molecular formula is C10H13ClN2O. The Balaban J connectivity index is 0.000000980. The Morgan fingerprint density at radius 3 is 2.36 bits per heavy atom. The van der Waals surface area contributed by atoms with E-state index in [9.17, 15) is 4.79 Å². The van der Waals surface area contributed by atoms with Crippen LogP contribution in [0.2, 0.25) is 0 Å². The molecule has 0 spiro atoms. The summed E-state index contributed by atoms with van der Waals surface area (Å²) >= 11 is 0. The van der Waals surface area contributed by atoms with Gasteiger partial charge in [0.1, 0.15) is 0 Å². The summed E-state index contributed by atoms with van der Waals surface area (Å²) in [5.41, 5.74) is 7.24. The molecule has 1 aliphatic rings. The highest BCUT2D eigenvalue weighted by Crippen LogP contribution is 2.21. The molecule has 0 aliphatic carbocycles. The van der Waals surface area contributed by atoms with Crippen molar-refractivity contribution in [3.63, 3.8) is 0 Å². The SMILES string of the molecule is Cl.Nc1ccc(N2CCCC2=O)cc1. The summed E-state index contributed by atoms with van der Waals surface area (Å²) in [5.74, 6) is 0.213. The largest absolute Gasteiger partial charge is 0.399 e. The predicted molar refractivity (Wildman–Crippen MR) is 59.7 cm³/mol. The topological polar surface area (TPSA) is 46.3 Å². The molecule has 14 heavy (non-hydrogen) atoms. The van der Waals surface area contributed by atoms with E-state index in [0.717, 1.165) is 24.3 Å². The lowest BCUT2D eigenvalue weighted by Gasteiger charge is -2.15. The van der Waals surface area contributed by atoms with Crippen molar-refractivity contribution < 1.29 is 4.79 Å². The fourth-order valence-electron chi connectivity index (χ4n) is 1.58. The van der Waals surface area contributed by atoms with Gasteiger partial charge in [0.2, 0.25) is 5.91 Å². The Morgan fingerprint density at radius 1 is 1.21 bits per heavy atom. The lowest BCUT2D eigenvalue weighted by atomic mass is 10.2. The van der Waals surface area contributed by atoms with Crippen molar-refractivity contribution >= 4 is 29.7 Å². The first-order valence-corrected chi connectivity index (χ1v) is 4.43. The molecule has 0 atom stereocenters. The normalized spacial score (nSPS) is 15.4. The number of benzene rings is 1. The van der Waals surface area contributed by atoms with E-state index < -0.39 is 0 Å². The van der Waals surface area contributed by atoms with Gasteiger partial charge >= 0.3 is 0 Å². The third-order valence-corrected chi connectivity index (χ3v) is 2.28. The monoisotopic (exact) mass is 212 g/mol. The minimum atomic E-state index is 0. The number of rotatable bonds is 1. The van der Waals surface area contributed by atoms with Crippen molar-refractivity contribution in [2.45, 2.75) is 12.8 Å². The maximum Gasteiger partial charge on any atom is 0.227 e. The first kappa shape index (κ1) is 10.9. The van der Waals surface area contributed by atoms with Gasteiger partial charge in [-0.2, -0.15) is 0 Å². The fourth-order valence-corrected chi connectivity index (χ4v) is 1.58. The van der Waals surface area contributed by atoms with Crippen molar-refractivity contribution in [2.24, 2.45) is 0 Å². The van der Waals surface area contributed by atoms with Crippen LogP contribution in [0.4, 0.5) is 11.4 Å². The zero-order valence-corrected chi connectivity index (χ0v) is 8.59. The third kappa shape index (κ3) is 1.99. The summed E-state index contributed by atoms with van der Waals surface area (Å²) in [6.07, 6.45) is 1.63. The van der Waals surface area contributed by atoms with Gasteiger partial charge in [-0.25, -0.2) is 0 Å². The number of carbonyl (C=O) groups is 1. The molecule has 3 nitrogen and oxygen atoms in total. The van der Waals surface area contributed by atoms with Crippen LogP contribution in [0.15, 0.2) is 24.3 Å². The molecule has 0 saturated carbocycles. The van der Waals surface area contributed by atoms with Crippen molar-refractivity contribution in [3.8, 4) is 0 Å². The first-order valence-electron chi connectivity index (χ1n) is 4.43. The van der Waals surface area contributed by atoms with Crippen molar-refractivity contribution in [1.29, 1.82) is 0 Å². The van der Waals surface area contributed by atoms with Gasteiger partial charge in [0.05, 0.1) is 0 Å². The van der Waals surface area contributed by atoms with Crippen LogP contribution in [0, 0.1) is 0 Å². The highest BCUT2D eigenvalue weighted by Gasteiger charge is 2.20. The quantitative estimate of drug-likeness (QED) is 0.722. The van der Waals surface area contributed by atoms with Crippen LogP contribution in [0.1, 0.15) is 12.8 Å². The second-order valence-corrected chi connectivity index (χ2v) is 3.24. The molecule has 1 aromatic rings. The van der Waals surface area contributed by atoms with E-state index in [-0.39, 0.29) is 18.3 Å². The Bertz CT molecular complexity index is 323. The maximum absolute atomic E-state index is 11.4. The Labute approximate surface area is 89.3 Å². The zero-order chi connectivity index (χ0) is 9.26. The molecule has 0 radical (unpaired) electrons. The molecule has 4 heteroatoms. The number of halogens is 1. The second kappa shape index (κ2) is 4.33. The van der Waals surface area contributed by atoms with Crippen molar-refractivity contribution in [2.75, 3.05) is 17.2 Å². The van der Waals surface area contributed by atoms with Crippen LogP contribution in [0.25, 0.3) is 0 Å². The molecule has 0 aromatic heterocycles. The van der Waals surface area contributed by atoms with Crippen LogP contribution < -0.4 is 10.6 Å². The highest BCUT2D eigenvalue weighted by molar-refractivity contribution is 5.95. The van der Waals surface area contributed by atoms with E-state index in [1.165, 1.54) is 0 Å². The van der Waals surface area contributed by atoms with Crippen LogP contribution in [-0.4, -0.2) is 12.5 Å². The van der Waals surface area contributed by atoms with Crippen LogP contribution in [0.5, 0.6) is 0 Å². The van der Waals surface area contributed by atoms with Gasteiger partial charge in [0.15, 0.2) is 0 Å². The summed E-state index contributed by atoms with van der Waals surface area (Å²) in [4.78, 5) is 13.2. The van der Waals surface area contributed by atoms with E-state index in [0.29, 0.717) is 6.42 Å². The van der Waals surface area contributed by atoms with E-state index in [1.54, 1.807) is 4.90 Å². The summed E-state index contributed by atoms with van der Waals surface area (Å²) < 4.78 is 0. The van der Waals surface area contributed by atoms with E-state index >= 15 is 0 Å².